The van der Waals surface area contributed by atoms with Crippen LogP contribution in [-0.4, -0.2) is 54.9 Å². The number of hydrogen-bond acceptors (Lipinski definition) is 4. The van der Waals surface area contributed by atoms with E-state index >= 15 is 0 Å². The Bertz CT molecular complexity index is 555. The summed E-state index contributed by atoms with van der Waals surface area (Å²) < 4.78 is 10.7. The van der Waals surface area contributed by atoms with Crippen molar-refractivity contribution in [3.05, 3.63) is 35.4 Å². The Balaban J connectivity index is 1.68. The van der Waals surface area contributed by atoms with E-state index in [0.717, 1.165) is 24.3 Å². The summed E-state index contributed by atoms with van der Waals surface area (Å²) in [4.78, 5) is 13.9. The van der Waals surface area contributed by atoms with Crippen LogP contribution in [0.15, 0.2) is 24.3 Å². The summed E-state index contributed by atoms with van der Waals surface area (Å²) in [6.07, 6.45) is 4.29. The highest BCUT2D eigenvalue weighted by atomic mass is 16.5. The van der Waals surface area contributed by atoms with Crippen molar-refractivity contribution in [3.8, 4) is 5.75 Å². The molecule has 112 valence electrons. The zero-order chi connectivity index (χ0) is 14.7. The first-order valence-electron chi connectivity index (χ1n) is 7.21. The van der Waals surface area contributed by atoms with Gasteiger partial charge in [-0.2, -0.15) is 0 Å². The predicted molar refractivity (Wildman–Crippen MR) is 78.1 cm³/mol. The van der Waals surface area contributed by atoms with Gasteiger partial charge in [0.1, 0.15) is 5.75 Å². The van der Waals surface area contributed by atoms with E-state index < -0.39 is 0 Å². The molecule has 0 aliphatic carbocycles. The van der Waals surface area contributed by atoms with Gasteiger partial charge >= 0.3 is 0 Å². The summed E-state index contributed by atoms with van der Waals surface area (Å²) in [5.74, 6) is 0.848. The summed E-state index contributed by atoms with van der Waals surface area (Å²) >= 11 is 0. The Hall–Kier alpha value is -1.85. The van der Waals surface area contributed by atoms with Crippen LogP contribution in [0.4, 0.5) is 0 Å². The van der Waals surface area contributed by atoms with Crippen molar-refractivity contribution in [2.24, 2.45) is 0 Å². The Labute approximate surface area is 123 Å². The second-order valence-electron chi connectivity index (χ2n) is 5.24. The number of carbonyl (C=O) groups is 1. The number of carbonyl (C=O) groups excluding carboxylic acids is 1. The quantitative estimate of drug-likeness (QED) is 0.838. The average molecular weight is 289 g/mol. The molecule has 0 bridgehead atoms. The lowest BCUT2D eigenvalue weighted by Crippen LogP contribution is -2.49. The largest absolute Gasteiger partial charge is 0.493 e. The molecular weight excluding hydrogens is 270 g/mol. The Morgan fingerprint density at radius 1 is 1.43 bits per heavy atom. The minimum absolute atomic E-state index is 0.0736. The number of nitrogens with zero attached hydrogens (tertiary/aromatic N) is 1. The normalized spacial score (nSPS) is 21.4. The number of hydrogen-bond donors (Lipinski definition) is 1. The number of aliphatic hydroxyl groups is 1. The van der Waals surface area contributed by atoms with Crippen molar-refractivity contribution in [2.75, 3.05) is 33.0 Å². The Morgan fingerprint density at radius 2 is 2.33 bits per heavy atom. The summed E-state index contributed by atoms with van der Waals surface area (Å²) in [5, 5.41) is 9.29. The van der Waals surface area contributed by atoms with Crippen LogP contribution in [0.5, 0.6) is 5.75 Å². The zero-order valence-electron chi connectivity index (χ0n) is 11.8. The molecule has 2 heterocycles. The van der Waals surface area contributed by atoms with Crippen molar-refractivity contribution < 1.29 is 19.4 Å². The van der Waals surface area contributed by atoms with Crippen molar-refractivity contribution in [1.29, 1.82) is 0 Å². The Morgan fingerprint density at radius 3 is 3.19 bits per heavy atom. The summed E-state index contributed by atoms with van der Waals surface area (Å²) in [6.45, 7) is 2.09. The second-order valence-corrected chi connectivity index (χ2v) is 5.24. The van der Waals surface area contributed by atoms with Gasteiger partial charge in [0.2, 0.25) is 5.91 Å². The van der Waals surface area contributed by atoms with Gasteiger partial charge in [0.25, 0.3) is 0 Å². The molecule has 1 N–H and O–H groups in total. The first-order valence-corrected chi connectivity index (χ1v) is 7.21. The number of benzene rings is 1. The molecule has 1 unspecified atom stereocenters. The molecule has 1 atom stereocenters. The fourth-order valence-corrected chi connectivity index (χ4v) is 2.67. The van der Waals surface area contributed by atoms with Gasteiger partial charge < -0.3 is 19.5 Å². The first kappa shape index (κ1) is 14.1. The van der Waals surface area contributed by atoms with E-state index in [2.05, 4.69) is 6.07 Å². The fourth-order valence-electron chi connectivity index (χ4n) is 2.67. The molecule has 5 heteroatoms. The smallest absolute Gasteiger partial charge is 0.247 e. The monoisotopic (exact) mass is 289 g/mol. The highest BCUT2D eigenvalue weighted by Gasteiger charge is 2.25. The van der Waals surface area contributed by atoms with Crippen LogP contribution in [-0.2, 0) is 16.0 Å². The molecule has 0 saturated carbocycles. The van der Waals surface area contributed by atoms with E-state index in [4.69, 9.17) is 9.47 Å². The maximum absolute atomic E-state index is 12.2. The van der Waals surface area contributed by atoms with Crippen molar-refractivity contribution in [3.63, 3.8) is 0 Å². The minimum atomic E-state index is -0.246. The third kappa shape index (κ3) is 3.09. The van der Waals surface area contributed by atoms with E-state index in [1.807, 2.05) is 18.2 Å². The Kier molecular flexibility index (Phi) is 4.22. The van der Waals surface area contributed by atoms with Crippen LogP contribution in [0.2, 0.25) is 0 Å². The van der Waals surface area contributed by atoms with Gasteiger partial charge in [0.05, 0.1) is 32.5 Å². The maximum atomic E-state index is 12.2. The number of morpholine rings is 1. The van der Waals surface area contributed by atoms with Crippen molar-refractivity contribution >= 4 is 12.0 Å². The van der Waals surface area contributed by atoms with E-state index in [9.17, 15) is 9.90 Å². The number of aliphatic hydroxyl groups excluding tert-OH is 1. The van der Waals surface area contributed by atoms with Gasteiger partial charge in [0, 0.05) is 19.0 Å². The molecule has 1 aromatic carbocycles. The SMILES string of the molecule is O=C(/C=C/c1ccc2c(c1)CCO2)N1CCOCC1CO. The molecule has 1 saturated heterocycles. The van der Waals surface area contributed by atoms with E-state index in [0.29, 0.717) is 19.8 Å². The van der Waals surface area contributed by atoms with Crippen LogP contribution in [0, 0.1) is 0 Å². The molecule has 1 aromatic rings. The first-order chi connectivity index (χ1) is 10.3. The molecule has 2 aliphatic rings. The molecule has 3 rings (SSSR count). The number of fused-ring (bicyclic) bond motifs is 1. The van der Waals surface area contributed by atoms with Gasteiger partial charge in [-0.3, -0.25) is 4.79 Å². The highest BCUT2D eigenvalue weighted by Crippen LogP contribution is 2.26. The van der Waals surface area contributed by atoms with Gasteiger partial charge in [-0.25, -0.2) is 0 Å². The molecule has 0 radical (unpaired) electrons. The van der Waals surface area contributed by atoms with Crippen LogP contribution < -0.4 is 4.74 Å². The molecule has 1 amide bonds. The zero-order valence-corrected chi connectivity index (χ0v) is 11.8. The third-order valence-corrected chi connectivity index (χ3v) is 3.85. The second kappa shape index (κ2) is 6.28. The lowest BCUT2D eigenvalue weighted by atomic mass is 10.1. The highest BCUT2D eigenvalue weighted by molar-refractivity contribution is 5.92. The average Bonchev–Trinajstić information content (AvgIpc) is 3.00. The number of rotatable bonds is 3. The maximum Gasteiger partial charge on any atom is 0.247 e. The van der Waals surface area contributed by atoms with Crippen molar-refractivity contribution in [1.82, 2.24) is 4.90 Å². The molecule has 2 aliphatic heterocycles. The topological polar surface area (TPSA) is 59.0 Å². The molecule has 0 aromatic heterocycles. The van der Waals surface area contributed by atoms with Crippen molar-refractivity contribution in [2.45, 2.75) is 12.5 Å². The lowest BCUT2D eigenvalue weighted by Gasteiger charge is -2.33. The summed E-state index contributed by atoms with van der Waals surface area (Å²) in [6, 6.07) is 5.69. The van der Waals surface area contributed by atoms with E-state index in [1.165, 1.54) is 5.56 Å². The van der Waals surface area contributed by atoms with Crippen LogP contribution >= 0.6 is 0 Å². The standard InChI is InChI=1S/C16H19NO4/c18-10-14-11-20-8-6-17(14)16(19)4-2-12-1-3-15-13(9-12)5-7-21-15/h1-4,9,14,18H,5-8,10-11H2/b4-2+. The summed E-state index contributed by atoms with van der Waals surface area (Å²) in [7, 11) is 0. The molecular formula is C16H19NO4. The number of ether oxygens (including phenoxy) is 2. The molecule has 21 heavy (non-hydrogen) atoms. The van der Waals surface area contributed by atoms with Crippen LogP contribution in [0.25, 0.3) is 6.08 Å². The minimum Gasteiger partial charge on any atom is -0.493 e. The van der Waals surface area contributed by atoms with Crippen LogP contribution in [0.3, 0.4) is 0 Å². The van der Waals surface area contributed by atoms with Crippen LogP contribution in [0.1, 0.15) is 11.1 Å². The molecule has 0 spiro atoms. The molecule has 5 nitrogen and oxygen atoms in total. The molecule has 1 fully saturated rings. The predicted octanol–water partition coefficient (Wildman–Crippen LogP) is 0.854. The van der Waals surface area contributed by atoms with Gasteiger partial charge in [-0.05, 0) is 29.3 Å². The van der Waals surface area contributed by atoms with Gasteiger partial charge in [-0.15, -0.1) is 0 Å². The van der Waals surface area contributed by atoms with Gasteiger partial charge in [0.15, 0.2) is 0 Å². The summed E-state index contributed by atoms with van der Waals surface area (Å²) in [5.41, 5.74) is 2.17. The fraction of sp³-hybridized carbons (Fsp3) is 0.438. The van der Waals surface area contributed by atoms with Gasteiger partial charge in [-0.1, -0.05) is 6.07 Å². The third-order valence-electron chi connectivity index (χ3n) is 3.85. The number of amides is 1. The lowest BCUT2D eigenvalue weighted by molar-refractivity contribution is -0.136. The van der Waals surface area contributed by atoms with E-state index in [-0.39, 0.29) is 18.6 Å². The van der Waals surface area contributed by atoms with E-state index in [1.54, 1.807) is 11.0 Å².